The van der Waals surface area contributed by atoms with Gasteiger partial charge in [-0.15, -0.1) is 0 Å². The average Bonchev–Trinajstić information content (AvgIpc) is 2.68. The smallest absolute Gasteiger partial charge is 0.264 e. The van der Waals surface area contributed by atoms with Crippen LogP contribution in [0.25, 0.3) is 38.1 Å². The number of aromatic nitrogens is 1. The molecular weight excluding hydrogens is 306 g/mol. The molecule has 0 aliphatic rings. The van der Waals surface area contributed by atoms with E-state index in [4.69, 9.17) is 0 Å². The topological polar surface area (TPSA) is 22.0 Å². The summed E-state index contributed by atoms with van der Waals surface area (Å²) in [6.07, 6.45) is 0. The highest BCUT2D eigenvalue weighted by Crippen LogP contribution is 2.29. The third-order valence-electron chi connectivity index (χ3n) is 4.80. The van der Waals surface area contributed by atoms with Crippen LogP contribution in [0.1, 0.15) is 0 Å². The lowest BCUT2D eigenvalue weighted by atomic mass is 9.99. The molecule has 0 radical (unpaired) electrons. The van der Waals surface area contributed by atoms with Gasteiger partial charge < -0.3 is 0 Å². The maximum atomic E-state index is 13.5. The lowest BCUT2D eigenvalue weighted by Gasteiger charge is -2.14. The molecule has 0 bridgehead atoms. The van der Waals surface area contributed by atoms with E-state index in [1.54, 1.807) is 0 Å². The summed E-state index contributed by atoms with van der Waals surface area (Å²) in [5.41, 5.74) is 1.84. The quantitative estimate of drug-likeness (QED) is 0.384. The van der Waals surface area contributed by atoms with Crippen LogP contribution < -0.4 is 5.56 Å². The first-order valence-corrected chi connectivity index (χ1v) is 8.35. The molecule has 0 aliphatic heterocycles. The number of fused-ring (bicyclic) bond motifs is 5. The molecule has 0 unspecified atom stereocenters. The zero-order valence-corrected chi connectivity index (χ0v) is 13.5. The zero-order valence-electron chi connectivity index (χ0n) is 13.5. The van der Waals surface area contributed by atoms with Crippen molar-refractivity contribution in [2.45, 2.75) is 0 Å². The van der Waals surface area contributed by atoms with E-state index in [1.165, 1.54) is 0 Å². The number of hydrogen-bond acceptors (Lipinski definition) is 1. The van der Waals surface area contributed by atoms with E-state index in [9.17, 15) is 4.79 Å². The van der Waals surface area contributed by atoms with Crippen LogP contribution in [0.4, 0.5) is 0 Å². The fourth-order valence-electron chi connectivity index (χ4n) is 3.68. The zero-order chi connectivity index (χ0) is 16.8. The Morgan fingerprint density at radius 1 is 0.560 bits per heavy atom. The Kier molecular flexibility index (Phi) is 2.98. The molecule has 4 aromatic carbocycles. The number of benzene rings is 4. The van der Waals surface area contributed by atoms with Crippen LogP contribution in [-0.4, -0.2) is 4.57 Å². The maximum Gasteiger partial charge on any atom is 0.264 e. The van der Waals surface area contributed by atoms with Gasteiger partial charge in [0.05, 0.1) is 10.9 Å². The standard InChI is InChI=1S/C23H15NO/c25-23-22-18-11-5-4-8-16(18)14-15-20(22)19-12-6-7-13-21(19)24(23)17-9-2-1-3-10-17/h1-15H. The largest absolute Gasteiger partial charge is 0.276 e. The molecule has 0 saturated carbocycles. The number of pyridine rings is 1. The fourth-order valence-corrected chi connectivity index (χ4v) is 3.68. The molecule has 5 aromatic rings. The first kappa shape index (κ1) is 14.0. The number of rotatable bonds is 1. The summed E-state index contributed by atoms with van der Waals surface area (Å²) >= 11 is 0. The van der Waals surface area contributed by atoms with E-state index in [0.29, 0.717) is 0 Å². The van der Waals surface area contributed by atoms with Gasteiger partial charge in [-0.1, -0.05) is 72.8 Å². The summed E-state index contributed by atoms with van der Waals surface area (Å²) < 4.78 is 1.82. The van der Waals surface area contributed by atoms with Gasteiger partial charge in [-0.3, -0.25) is 9.36 Å². The SMILES string of the molecule is O=c1c2c3ccccc3ccc2c2ccccc2n1-c1ccccc1. The Bertz CT molecular complexity index is 1300. The van der Waals surface area contributed by atoms with Gasteiger partial charge in [0.2, 0.25) is 0 Å². The van der Waals surface area contributed by atoms with E-state index in [2.05, 4.69) is 24.3 Å². The predicted molar refractivity (Wildman–Crippen MR) is 105 cm³/mol. The van der Waals surface area contributed by atoms with Gasteiger partial charge in [-0.2, -0.15) is 0 Å². The molecule has 2 heteroatoms. The summed E-state index contributed by atoms with van der Waals surface area (Å²) in [6.45, 7) is 0. The van der Waals surface area contributed by atoms with Crippen molar-refractivity contribution in [3.8, 4) is 5.69 Å². The Morgan fingerprint density at radius 3 is 2.08 bits per heavy atom. The van der Waals surface area contributed by atoms with Gasteiger partial charge in [-0.25, -0.2) is 0 Å². The molecule has 0 N–H and O–H groups in total. The van der Waals surface area contributed by atoms with Crippen LogP contribution in [0.2, 0.25) is 0 Å². The van der Waals surface area contributed by atoms with Crippen molar-refractivity contribution >= 4 is 32.4 Å². The predicted octanol–water partition coefficient (Wildman–Crippen LogP) is 5.30. The van der Waals surface area contributed by atoms with Gasteiger partial charge in [0.25, 0.3) is 5.56 Å². The molecule has 1 heterocycles. The molecule has 0 amide bonds. The van der Waals surface area contributed by atoms with Crippen molar-refractivity contribution in [1.29, 1.82) is 0 Å². The number of para-hydroxylation sites is 2. The summed E-state index contributed by atoms with van der Waals surface area (Å²) in [5.74, 6) is 0. The lowest BCUT2D eigenvalue weighted by molar-refractivity contribution is 1.06. The molecule has 0 fully saturated rings. The van der Waals surface area contributed by atoms with Crippen molar-refractivity contribution < 1.29 is 0 Å². The summed E-state index contributed by atoms with van der Waals surface area (Å²) in [6, 6.07) is 30.2. The van der Waals surface area contributed by atoms with E-state index in [0.717, 1.165) is 38.1 Å². The van der Waals surface area contributed by atoms with Crippen LogP contribution >= 0.6 is 0 Å². The molecule has 0 atom stereocenters. The second kappa shape index (κ2) is 5.32. The fraction of sp³-hybridized carbons (Fsp3) is 0. The second-order valence-electron chi connectivity index (χ2n) is 6.20. The Hall–Kier alpha value is -3.39. The Balaban J connectivity index is 2.11. The molecular formula is C23H15NO. The molecule has 118 valence electrons. The highest BCUT2D eigenvalue weighted by molar-refractivity contribution is 6.16. The maximum absolute atomic E-state index is 13.5. The van der Waals surface area contributed by atoms with Crippen molar-refractivity contribution in [3.05, 3.63) is 101 Å². The van der Waals surface area contributed by atoms with Crippen LogP contribution in [0, 0.1) is 0 Å². The van der Waals surface area contributed by atoms with Crippen LogP contribution in [0.5, 0.6) is 0 Å². The number of nitrogens with zero attached hydrogens (tertiary/aromatic N) is 1. The van der Waals surface area contributed by atoms with Crippen molar-refractivity contribution in [2.24, 2.45) is 0 Å². The van der Waals surface area contributed by atoms with Crippen molar-refractivity contribution in [1.82, 2.24) is 4.57 Å². The minimum Gasteiger partial charge on any atom is -0.276 e. The van der Waals surface area contributed by atoms with E-state index in [-0.39, 0.29) is 5.56 Å². The first-order valence-electron chi connectivity index (χ1n) is 8.35. The van der Waals surface area contributed by atoms with Crippen LogP contribution in [-0.2, 0) is 0 Å². The minimum atomic E-state index is 0.0247. The van der Waals surface area contributed by atoms with Gasteiger partial charge in [0.1, 0.15) is 0 Å². The van der Waals surface area contributed by atoms with E-state index in [1.807, 2.05) is 71.3 Å². The Morgan fingerprint density at radius 2 is 1.24 bits per heavy atom. The van der Waals surface area contributed by atoms with Crippen LogP contribution in [0.3, 0.4) is 0 Å². The van der Waals surface area contributed by atoms with Gasteiger partial charge in [0.15, 0.2) is 0 Å². The first-order chi connectivity index (χ1) is 12.3. The molecule has 2 nitrogen and oxygen atoms in total. The van der Waals surface area contributed by atoms with Crippen LogP contribution in [0.15, 0.2) is 95.8 Å². The third kappa shape index (κ3) is 2.01. The molecule has 0 saturated heterocycles. The van der Waals surface area contributed by atoms with Crippen molar-refractivity contribution in [3.63, 3.8) is 0 Å². The summed E-state index contributed by atoms with van der Waals surface area (Å²) in [5, 5.41) is 4.96. The third-order valence-corrected chi connectivity index (χ3v) is 4.80. The number of hydrogen-bond donors (Lipinski definition) is 0. The van der Waals surface area contributed by atoms with Gasteiger partial charge >= 0.3 is 0 Å². The summed E-state index contributed by atoms with van der Waals surface area (Å²) in [7, 11) is 0. The monoisotopic (exact) mass is 321 g/mol. The minimum absolute atomic E-state index is 0.0247. The average molecular weight is 321 g/mol. The van der Waals surface area contributed by atoms with E-state index >= 15 is 0 Å². The molecule has 0 spiro atoms. The van der Waals surface area contributed by atoms with Gasteiger partial charge in [0, 0.05) is 11.1 Å². The van der Waals surface area contributed by atoms with Crippen molar-refractivity contribution in [2.75, 3.05) is 0 Å². The van der Waals surface area contributed by atoms with E-state index < -0.39 is 0 Å². The second-order valence-corrected chi connectivity index (χ2v) is 6.20. The molecule has 0 aliphatic carbocycles. The highest BCUT2D eigenvalue weighted by Gasteiger charge is 2.13. The van der Waals surface area contributed by atoms with Gasteiger partial charge in [-0.05, 0) is 34.4 Å². The summed E-state index contributed by atoms with van der Waals surface area (Å²) in [4.78, 5) is 13.5. The molecule has 5 rings (SSSR count). The lowest BCUT2D eigenvalue weighted by Crippen LogP contribution is -2.19. The highest BCUT2D eigenvalue weighted by atomic mass is 16.1. The molecule has 1 aromatic heterocycles. The molecule has 25 heavy (non-hydrogen) atoms. The normalized spacial score (nSPS) is 11.4. The Labute approximate surface area is 144 Å².